The van der Waals surface area contributed by atoms with E-state index >= 15 is 0 Å². The highest BCUT2D eigenvalue weighted by Gasteiger charge is 2.29. The second-order valence-electron chi connectivity index (χ2n) is 4.35. The molecule has 1 rings (SSSR count). The molecule has 0 saturated heterocycles. The summed E-state index contributed by atoms with van der Waals surface area (Å²) in [6, 6.07) is 0. The van der Waals surface area contributed by atoms with E-state index in [-0.39, 0.29) is 12.4 Å². The summed E-state index contributed by atoms with van der Waals surface area (Å²) >= 11 is 0. The fourth-order valence-corrected chi connectivity index (χ4v) is 2.06. The Balaban J connectivity index is 0.000001000. The van der Waals surface area contributed by atoms with Crippen molar-refractivity contribution in [1.29, 1.82) is 0 Å². The third kappa shape index (κ3) is 3.44. The predicted octanol–water partition coefficient (Wildman–Crippen LogP) is 2.58. The molecule has 1 fully saturated rings. The smallest absolute Gasteiger partial charge is 0.00746 e. The van der Waals surface area contributed by atoms with Gasteiger partial charge >= 0.3 is 0 Å². The van der Waals surface area contributed by atoms with Gasteiger partial charge in [0.05, 0.1) is 0 Å². The van der Waals surface area contributed by atoms with Crippen molar-refractivity contribution in [2.45, 2.75) is 39.5 Å². The van der Waals surface area contributed by atoms with E-state index in [1.807, 2.05) is 0 Å². The van der Waals surface area contributed by atoms with Gasteiger partial charge in [0.15, 0.2) is 0 Å². The molecule has 0 aromatic rings. The lowest BCUT2D eigenvalue weighted by Crippen LogP contribution is -2.08. The van der Waals surface area contributed by atoms with E-state index in [0.717, 1.165) is 12.5 Å². The summed E-state index contributed by atoms with van der Waals surface area (Å²) in [6.45, 7) is 5.60. The second-order valence-corrected chi connectivity index (χ2v) is 4.35. The van der Waals surface area contributed by atoms with Crippen LogP contribution in [0.25, 0.3) is 0 Å². The van der Waals surface area contributed by atoms with Gasteiger partial charge in [-0.2, -0.15) is 0 Å². The van der Waals surface area contributed by atoms with E-state index in [4.69, 9.17) is 5.73 Å². The molecule has 1 aliphatic carbocycles. The average molecular weight is 178 g/mol. The second kappa shape index (κ2) is 4.32. The molecule has 0 amide bonds. The van der Waals surface area contributed by atoms with Crippen molar-refractivity contribution in [2.24, 2.45) is 17.1 Å². The SMILES string of the molecule is CC1(C)CCC(CCN)C1.Cl. The normalized spacial score (nSPS) is 28.1. The standard InChI is InChI=1S/C9H19N.ClH/c1-9(2)5-3-8(7-9)4-6-10;/h8H,3-7,10H2,1-2H3;1H. The highest BCUT2D eigenvalue weighted by Crippen LogP contribution is 2.41. The van der Waals surface area contributed by atoms with E-state index in [1.54, 1.807) is 0 Å². The minimum absolute atomic E-state index is 0. The highest BCUT2D eigenvalue weighted by molar-refractivity contribution is 5.85. The predicted molar refractivity (Wildman–Crippen MR) is 52.0 cm³/mol. The number of nitrogens with two attached hydrogens (primary N) is 1. The molecule has 0 aromatic carbocycles. The molecule has 2 N–H and O–H groups in total. The molecule has 1 aliphatic rings. The zero-order chi connectivity index (χ0) is 7.61. The summed E-state index contributed by atoms with van der Waals surface area (Å²) in [5.41, 5.74) is 6.11. The first-order valence-electron chi connectivity index (χ1n) is 4.34. The molecule has 1 unspecified atom stereocenters. The molecule has 0 aliphatic heterocycles. The maximum Gasteiger partial charge on any atom is -0.00746 e. The largest absolute Gasteiger partial charge is 0.330 e. The van der Waals surface area contributed by atoms with Gasteiger partial charge in [-0.25, -0.2) is 0 Å². The Kier molecular flexibility index (Phi) is 4.42. The number of rotatable bonds is 2. The lowest BCUT2D eigenvalue weighted by atomic mass is 9.90. The summed E-state index contributed by atoms with van der Waals surface area (Å²) in [6.07, 6.45) is 5.44. The third-order valence-electron chi connectivity index (χ3n) is 2.65. The minimum Gasteiger partial charge on any atom is -0.330 e. The third-order valence-corrected chi connectivity index (χ3v) is 2.65. The van der Waals surface area contributed by atoms with Crippen LogP contribution in [0.3, 0.4) is 0 Å². The molecule has 0 bridgehead atoms. The van der Waals surface area contributed by atoms with Crippen molar-refractivity contribution in [3.63, 3.8) is 0 Å². The molecule has 1 nitrogen and oxygen atoms in total. The summed E-state index contributed by atoms with van der Waals surface area (Å²) < 4.78 is 0. The molecular weight excluding hydrogens is 158 g/mol. The Bertz CT molecular complexity index is 112. The van der Waals surface area contributed by atoms with Crippen molar-refractivity contribution in [2.75, 3.05) is 6.54 Å². The molecule has 1 saturated carbocycles. The van der Waals surface area contributed by atoms with Crippen LogP contribution in [0.1, 0.15) is 39.5 Å². The van der Waals surface area contributed by atoms with Gasteiger partial charge in [0, 0.05) is 0 Å². The average Bonchev–Trinajstić information content (AvgIpc) is 2.12. The first-order chi connectivity index (χ1) is 4.64. The van der Waals surface area contributed by atoms with E-state index in [0.29, 0.717) is 5.41 Å². The van der Waals surface area contributed by atoms with Crippen LogP contribution >= 0.6 is 12.4 Å². The van der Waals surface area contributed by atoms with Gasteiger partial charge < -0.3 is 5.73 Å². The minimum atomic E-state index is 0. The summed E-state index contributed by atoms with van der Waals surface area (Å²) in [5, 5.41) is 0. The van der Waals surface area contributed by atoms with E-state index in [2.05, 4.69) is 13.8 Å². The number of hydrogen-bond acceptors (Lipinski definition) is 1. The van der Waals surface area contributed by atoms with E-state index in [9.17, 15) is 0 Å². The van der Waals surface area contributed by atoms with Crippen LogP contribution in [0.2, 0.25) is 0 Å². The Morgan fingerprint density at radius 3 is 2.45 bits per heavy atom. The van der Waals surface area contributed by atoms with Gasteiger partial charge in [0.2, 0.25) is 0 Å². The molecule has 11 heavy (non-hydrogen) atoms. The first kappa shape index (κ1) is 11.2. The van der Waals surface area contributed by atoms with Crippen LogP contribution in [0.5, 0.6) is 0 Å². The molecule has 0 radical (unpaired) electrons. The Hall–Kier alpha value is 0.250. The van der Waals surface area contributed by atoms with Crippen molar-refractivity contribution in [1.82, 2.24) is 0 Å². The highest BCUT2D eigenvalue weighted by atomic mass is 35.5. The quantitative estimate of drug-likeness (QED) is 0.690. The van der Waals surface area contributed by atoms with Crippen LogP contribution < -0.4 is 5.73 Å². The number of halogens is 1. The van der Waals surface area contributed by atoms with Crippen molar-refractivity contribution >= 4 is 12.4 Å². The van der Waals surface area contributed by atoms with Crippen molar-refractivity contribution in [3.05, 3.63) is 0 Å². The van der Waals surface area contributed by atoms with Crippen molar-refractivity contribution < 1.29 is 0 Å². The van der Waals surface area contributed by atoms with Crippen molar-refractivity contribution in [3.8, 4) is 0 Å². The van der Waals surface area contributed by atoms with Crippen LogP contribution in [-0.2, 0) is 0 Å². The Labute approximate surface area is 76.1 Å². The van der Waals surface area contributed by atoms with E-state index in [1.165, 1.54) is 25.7 Å². The lowest BCUT2D eigenvalue weighted by molar-refractivity contribution is 0.355. The molecule has 0 spiro atoms. The zero-order valence-corrected chi connectivity index (χ0v) is 8.41. The number of hydrogen-bond donors (Lipinski definition) is 1. The summed E-state index contributed by atoms with van der Waals surface area (Å²) in [4.78, 5) is 0. The van der Waals surface area contributed by atoms with Crippen LogP contribution in [0.15, 0.2) is 0 Å². The first-order valence-corrected chi connectivity index (χ1v) is 4.34. The maximum absolute atomic E-state index is 5.50. The summed E-state index contributed by atoms with van der Waals surface area (Å²) in [7, 11) is 0. The lowest BCUT2D eigenvalue weighted by Gasteiger charge is -2.16. The topological polar surface area (TPSA) is 26.0 Å². The van der Waals surface area contributed by atoms with Gasteiger partial charge in [-0.3, -0.25) is 0 Å². The molecule has 0 heterocycles. The van der Waals surface area contributed by atoms with Gasteiger partial charge in [0.25, 0.3) is 0 Å². The van der Waals surface area contributed by atoms with E-state index < -0.39 is 0 Å². The fourth-order valence-electron chi connectivity index (χ4n) is 2.06. The monoisotopic (exact) mass is 177 g/mol. The molecule has 68 valence electrons. The maximum atomic E-state index is 5.50. The van der Waals surface area contributed by atoms with Crippen LogP contribution in [0, 0.1) is 11.3 Å². The molecule has 1 atom stereocenters. The Morgan fingerprint density at radius 2 is 2.09 bits per heavy atom. The van der Waals surface area contributed by atoms with Crippen LogP contribution in [0.4, 0.5) is 0 Å². The fraction of sp³-hybridized carbons (Fsp3) is 1.00. The molecule has 0 aromatic heterocycles. The van der Waals surface area contributed by atoms with Crippen LogP contribution in [-0.4, -0.2) is 6.54 Å². The zero-order valence-electron chi connectivity index (χ0n) is 7.60. The molecular formula is C9H20ClN. The molecule has 2 heteroatoms. The Morgan fingerprint density at radius 1 is 1.45 bits per heavy atom. The van der Waals surface area contributed by atoms with Gasteiger partial charge in [-0.1, -0.05) is 13.8 Å². The van der Waals surface area contributed by atoms with Gasteiger partial charge in [-0.05, 0) is 43.6 Å². The summed E-state index contributed by atoms with van der Waals surface area (Å²) in [5.74, 6) is 0.931. The van der Waals surface area contributed by atoms with Gasteiger partial charge in [0.1, 0.15) is 0 Å². The van der Waals surface area contributed by atoms with Gasteiger partial charge in [-0.15, -0.1) is 12.4 Å².